The molecule has 2 aliphatic rings. The zero-order valence-corrected chi connectivity index (χ0v) is 19.0. The highest BCUT2D eigenvalue weighted by molar-refractivity contribution is 6.02. The van der Waals surface area contributed by atoms with Gasteiger partial charge in [0, 0.05) is 12.8 Å². The third kappa shape index (κ3) is 6.43. The summed E-state index contributed by atoms with van der Waals surface area (Å²) in [6.07, 6.45) is 12.5. The van der Waals surface area contributed by atoms with E-state index in [1.54, 1.807) is 0 Å². The Balaban J connectivity index is 1.41. The maximum atomic E-state index is 12.9. The molecular formula is C27H40O3. The largest absolute Gasteiger partial charge is 0.494 e. The fourth-order valence-electron chi connectivity index (χ4n) is 5.49. The smallest absolute Gasteiger partial charge is 0.143 e. The Morgan fingerprint density at radius 3 is 2.27 bits per heavy atom. The predicted molar refractivity (Wildman–Crippen MR) is 122 cm³/mol. The molecule has 2 atom stereocenters. The lowest BCUT2D eigenvalue weighted by Gasteiger charge is -2.31. The van der Waals surface area contributed by atoms with Crippen molar-refractivity contribution in [2.75, 3.05) is 6.61 Å². The maximum absolute atomic E-state index is 12.9. The molecule has 1 aromatic rings. The van der Waals surface area contributed by atoms with Gasteiger partial charge in [0.15, 0.2) is 0 Å². The average Bonchev–Trinajstić information content (AvgIpc) is 2.75. The molecule has 0 spiro atoms. The molecule has 0 amide bonds. The van der Waals surface area contributed by atoms with E-state index in [4.69, 9.17) is 4.74 Å². The zero-order valence-electron chi connectivity index (χ0n) is 19.0. The highest BCUT2D eigenvalue weighted by Crippen LogP contribution is 2.39. The first-order chi connectivity index (χ1) is 14.6. The normalized spacial score (nSPS) is 27.1. The molecule has 0 heterocycles. The molecule has 2 saturated carbocycles. The van der Waals surface area contributed by atoms with Crippen molar-refractivity contribution in [3.05, 3.63) is 29.8 Å². The molecule has 0 radical (unpaired) electrons. The van der Waals surface area contributed by atoms with Crippen LogP contribution in [0.1, 0.15) is 102 Å². The second-order valence-electron chi connectivity index (χ2n) is 9.55. The van der Waals surface area contributed by atoms with Crippen molar-refractivity contribution in [2.45, 2.75) is 96.8 Å². The van der Waals surface area contributed by atoms with Crippen LogP contribution in [-0.4, -0.2) is 18.2 Å². The van der Waals surface area contributed by atoms with Crippen LogP contribution >= 0.6 is 0 Å². The number of ketones is 2. The number of ether oxygens (including phenoxy) is 1. The molecule has 2 fully saturated rings. The maximum Gasteiger partial charge on any atom is 0.143 e. The molecule has 0 saturated heterocycles. The summed E-state index contributed by atoms with van der Waals surface area (Å²) < 4.78 is 5.54. The zero-order chi connectivity index (χ0) is 21.3. The molecule has 0 N–H and O–H groups in total. The Labute approximate surface area is 183 Å². The lowest BCUT2D eigenvalue weighted by molar-refractivity contribution is -0.136. The predicted octanol–water partition coefficient (Wildman–Crippen LogP) is 6.88. The topological polar surface area (TPSA) is 43.4 Å². The standard InChI is InChI=1S/C27H40O3/c1-3-5-6-7-20-10-17-25(26(28)18-20)27(29)19-21-8-11-22(12-9-21)23-13-15-24(16-14-23)30-4-2/h13-16,20-22,25H,3-12,17-19H2,1-2H3/t20?,21-,22-,25?. The highest BCUT2D eigenvalue weighted by Gasteiger charge is 2.34. The number of unbranched alkanes of at least 4 members (excludes halogenated alkanes) is 2. The molecule has 2 unspecified atom stereocenters. The van der Waals surface area contributed by atoms with E-state index >= 15 is 0 Å². The van der Waals surface area contributed by atoms with Gasteiger partial charge in [0.2, 0.25) is 0 Å². The average molecular weight is 413 g/mol. The first-order valence-corrected chi connectivity index (χ1v) is 12.4. The van der Waals surface area contributed by atoms with Gasteiger partial charge in [-0.3, -0.25) is 9.59 Å². The van der Waals surface area contributed by atoms with Crippen LogP contribution in [0.2, 0.25) is 0 Å². The van der Waals surface area contributed by atoms with E-state index in [2.05, 4.69) is 31.2 Å². The Morgan fingerprint density at radius 2 is 1.63 bits per heavy atom. The quantitative estimate of drug-likeness (QED) is 0.310. The minimum Gasteiger partial charge on any atom is -0.494 e. The molecular weight excluding hydrogens is 372 g/mol. The van der Waals surface area contributed by atoms with Crippen molar-refractivity contribution in [1.29, 1.82) is 0 Å². The Bertz CT molecular complexity index is 670. The number of carbonyl (C=O) groups is 2. The molecule has 1 aromatic carbocycles. The van der Waals surface area contributed by atoms with Crippen LogP contribution in [0.25, 0.3) is 0 Å². The molecule has 3 heteroatoms. The summed E-state index contributed by atoms with van der Waals surface area (Å²) in [5.41, 5.74) is 1.39. The van der Waals surface area contributed by atoms with Gasteiger partial charge in [-0.25, -0.2) is 0 Å². The van der Waals surface area contributed by atoms with Crippen LogP contribution in [0.3, 0.4) is 0 Å². The van der Waals surface area contributed by atoms with Crippen LogP contribution in [0.15, 0.2) is 24.3 Å². The van der Waals surface area contributed by atoms with Gasteiger partial charge in [0.05, 0.1) is 12.5 Å². The van der Waals surface area contributed by atoms with E-state index in [1.807, 2.05) is 6.92 Å². The van der Waals surface area contributed by atoms with Gasteiger partial charge < -0.3 is 4.74 Å². The summed E-state index contributed by atoms with van der Waals surface area (Å²) in [6.45, 7) is 4.91. The first-order valence-electron chi connectivity index (χ1n) is 12.4. The molecule has 3 nitrogen and oxygen atoms in total. The van der Waals surface area contributed by atoms with Gasteiger partial charge in [0.25, 0.3) is 0 Å². The summed E-state index contributed by atoms with van der Waals surface area (Å²) in [7, 11) is 0. The molecule has 166 valence electrons. The van der Waals surface area contributed by atoms with E-state index in [-0.39, 0.29) is 17.5 Å². The van der Waals surface area contributed by atoms with Crippen molar-refractivity contribution in [3.63, 3.8) is 0 Å². The fourth-order valence-corrected chi connectivity index (χ4v) is 5.49. The highest BCUT2D eigenvalue weighted by atomic mass is 16.5. The van der Waals surface area contributed by atoms with Gasteiger partial charge in [-0.05, 0) is 80.9 Å². The van der Waals surface area contributed by atoms with E-state index in [0.717, 1.165) is 50.7 Å². The second-order valence-corrected chi connectivity index (χ2v) is 9.55. The summed E-state index contributed by atoms with van der Waals surface area (Å²) in [5.74, 6) is 2.69. The van der Waals surface area contributed by atoms with E-state index in [9.17, 15) is 9.59 Å². The number of hydrogen-bond acceptors (Lipinski definition) is 3. The molecule has 0 bridgehead atoms. The lowest BCUT2D eigenvalue weighted by atomic mass is 9.73. The summed E-state index contributed by atoms with van der Waals surface area (Å²) >= 11 is 0. The van der Waals surface area contributed by atoms with Crippen molar-refractivity contribution in [2.24, 2.45) is 17.8 Å². The van der Waals surface area contributed by atoms with Crippen molar-refractivity contribution in [1.82, 2.24) is 0 Å². The fraction of sp³-hybridized carbons (Fsp3) is 0.704. The molecule has 30 heavy (non-hydrogen) atoms. The molecule has 0 aliphatic heterocycles. The van der Waals surface area contributed by atoms with Gasteiger partial charge in [-0.1, -0.05) is 44.7 Å². The van der Waals surface area contributed by atoms with Crippen molar-refractivity contribution >= 4 is 11.6 Å². The van der Waals surface area contributed by atoms with Crippen LogP contribution in [-0.2, 0) is 9.59 Å². The Morgan fingerprint density at radius 1 is 0.933 bits per heavy atom. The van der Waals surface area contributed by atoms with Gasteiger partial charge >= 0.3 is 0 Å². The molecule has 2 aliphatic carbocycles. The third-order valence-corrected chi connectivity index (χ3v) is 7.35. The summed E-state index contributed by atoms with van der Waals surface area (Å²) in [4.78, 5) is 25.5. The monoisotopic (exact) mass is 412 g/mol. The van der Waals surface area contributed by atoms with Gasteiger partial charge in [-0.15, -0.1) is 0 Å². The van der Waals surface area contributed by atoms with Crippen LogP contribution in [0, 0.1) is 17.8 Å². The van der Waals surface area contributed by atoms with Crippen LogP contribution in [0.4, 0.5) is 0 Å². The van der Waals surface area contributed by atoms with E-state index in [0.29, 0.717) is 37.2 Å². The number of carbonyl (C=O) groups excluding carboxylic acids is 2. The second kappa shape index (κ2) is 11.7. The van der Waals surface area contributed by atoms with E-state index < -0.39 is 0 Å². The Kier molecular flexibility index (Phi) is 8.96. The molecule has 3 rings (SSSR count). The molecule has 0 aromatic heterocycles. The third-order valence-electron chi connectivity index (χ3n) is 7.35. The lowest BCUT2D eigenvalue weighted by Crippen LogP contribution is -2.32. The van der Waals surface area contributed by atoms with Crippen LogP contribution in [0.5, 0.6) is 5.75 Å². The van der Waals surface area contributed by atoms with Crippen molar-refractivity contribution in [3.8, 4) is 5.75 Å². The Hall–Kier alpha value is -1.64. The minimum absolute atomic E-state index is 0.232. The van der Waals surface area contributed by atoms with Crippen molar-refractivity contribution < 1.29 is 14.3 Å². The van der Waals surface area contributed by atoms with Crippen LogP contribution < -0.4 is 4.74 Å². The number of hydrogen-bond donors (Lipinski definition) is 0. The minimum atomic E-state index is -0.295. The SMILES string of the molecule is CCCCCC1CCC(C(=O)C[C@H]2CC[C@H](c3ccc(OCC)cc3)CC2)C(=O)C1. The number of Topliss-reactive ketones (excluding diaryl/α,β-unsaturated/α-hetero) is 2. The summed E-state index contributed by atoms with van der Waals surface area (Å²) in [6, 6.07) is 8.52. The summed E-state index contributed by atoms with van der Waals surface area (Å²) in [5, 5.41) is 0. The van der Waals surface area contributed by atoms with Gasteiger partial charge in [0.1, 0.15) is 17.3 Å². The first kappa shape index (κ1) is 23.0. The van der Waals surface area contributed by atoms with E-state index in [1.165, 1.54) is 24.8 Å². The van der Waals surface area contributed by atoms with Gasteiger partial charge in [-0.2, -0.15) is 0 Å². The number of rotatable bonds is 10. The number of benzene rings is 1.